The van der Waals surface area contributed by atoms with Crippen LogP contribution in [0, 0.1) is 0 Å². The zero-order valence-electron chi connectivity index (χ0n) is 17.5. The van der Waals surface area contributed by atoms with E-state index in [9.17, 15) is 9.59 Å². The number of aryl methyl sites for hydroxylation is 2. The minimum Gasteiger partial charge on any atom is -0.332 e. The van der Waals surface area contributed by atoms with Crippen molar-refractivity contribution in [1.29, 1.82) is 0 Å². The number of amides is 1. The standard InChI is InChI=1S/C25H24N4O2/c1-2-27-17-26-23-20(18-9-4-3-5-10-18)15-28(24(23)25(27)31)16-22(30)29-14-8-12-19-11-6-7-13-21(19)29/h3-7,9-11,13,15,17H,2,8,12,14,16H2,1H3. The first-order valence-corrected chi connectivity index (χ1v) is 10.7. The third-order valence-electron chi connectivity index (χ3n) is 5.98. The molecular weight excluding hydrogens is 388 g/mol. The molecule has 0 unspecified atom stereocenters. The summed E-state index contributed by atoms with van der Waals surface area (Å²) in [6, 6.07) is 17.9. The van der Waals surface area contributed by atoms with Crippen LogP contribution in [0.25, 0.3) is 22.2 Å². The predicted octanol–water partition coefficient (Wildman–Crippen LogP) is 3.86. The van der Waals surface area contributed by atoms with E-state index in [1.54, 1.807) is 15.5 Å². The summed E-state index contributed by atoms with van der Waals surface area (Å²) in [5, 5.41) is 0. The van der Waals surface area contributed by atoms with Crippen LogP contribution in [0.3, 0.4) is 0 Å². The number of carbonyl (C=O) groups excluding carboxylic acids is 1. The van der Waals surface area contributed by atoms with Gasteiger partial charge in [-0.05, 0) is 37.0 Å². The van der Waals surface area contributed by atoms with Gasteiger partial charge in [0.25, 0.3) is 5.56 Å². The van der Waals surface area contributed by atoms with Gasteiger partial charge in [0.1, 0.15) is 17.6 Å². The molecule has 0 fully saturated rings. The molecule has 6 nitrogen and oxygen atoms in total. The fourth-order valence-electron chi connectivity index (χ4n) is 4.42. The van der Waals surface area contributed by atoms with Crippen LogP contribution in [-0.2, 0) is 24.3 Å². The van der Waals surface area contributed by atoms with Gasteiger partial charge in [0.15, 0.2) is 0 Å². The maximum absolute atomic E-state index is 13.4. The Morgan fingerprint density at radius 3 is 2.61 bits per heavy atom. The van der Waals surface area contributed by atoms with Crippen LogP contribution in [0.15, 0.2) is 71.9 Å². The maximum atomic E-state index is 13.4. The van der Waals surface area contributed by atoms with Gasteiger partial charge < -0.3 is 9.47 Å². The van der Waals surface area contributed by atoms with Crippen LogP contribution in [0.5, 0.6) is 0 Å². The molecule has 1 aliphatic heterocycles. The second kappa shape index (κ2) is 7.87. The average molecular weight is 412 g/mol. The molecule has 0 radical (unpaired) electrons. The number of hydrogen-bond donors (Lipinski definition) is 0. The summed E-state index contributed by atoms with van der Waals surface area (Å²) < 4.78 is 3.35. The Morgan fingerprint density at radius 2 is 1.81 bits per heavy atom. The number of fused-ring (bicyclic) bond motifs is 2. The monoisotopic (exact) mass is 412 g/mol. The fraction of sp³-hybridized carbons (Fsp3) is 0.240. The van der Waals surface area contributed by atoms with E-state index in [2.05, 4.69) is 11.1 Å². The zero-order valence-corrected chi connectivity index (χ0v) is 17.5. The van der Waals surface area contributed by atoms with Gasteiger partial charge in [0, 0.05) is 30.5 Å². The maximum Gasteiger partial charge on any atom is 0.277 e. The Morgan fingerprint density at radius 1 is 1.03 bits per heavy atom. The van der Waals surface area contributed by atoms with E-state index in [0.717, 1.165) is 29.7 Å². The van der Waals surface area contributed by atoms with Gasteiger partial charge in [-0.3, -0.25) is 14.2 Å². The van der Waals surface area contributed by atoms with Crippen LogP contribution in [-0.4, -0.2) is 26.6 Å². The second-order valence-corrected chi connectivity index (χ2v) is 7.85. The van der Waals surface area contributed by atoms with E-state index >= 15 is 0 Å². The smallest absolute Gasteiger partial charge is 0.277 e. The molecule has 1 aliphatic rings. The number of anilines is 1. The van der Waals surface area contributed by atoms with E-state index in [1.165, 1.54) is 5.56 Å². The van der Waals surface area contributed by atoms with Crippen molar-refractivity contribution in [3.63, 3.8) is 0 Å². The van der Waals surface area contributed by atoms with Crippen molar-refractivity contribution in [1.82, 2.24) is 14.1 Å². The fourth-order valence-corrected chi connectivity index (χ4v) is 4.42. The molecule has 0 saturated carbocycles. The number of benzene rings is 2. The molecule has 4 aromatic rings. The first kappa shape index (κ1) is 19.3. The van der Waals surface area contributed by atoms with Crippen LogP contribution in [0.1, 0.15) is 18.9 Å². The van der Waals surface area contributed by atoms with Crippen molar-refractivity contribution in [3.8, 4) is 11.1 Å². The number of para-hydroxylation sites is 1. The number of aromatic nitrogens is 3. The normalized spacial score (nSPS) is 13.4. The van der Waals surface area contributed by atoms with Crippen molar-refractivity contribution in [2.24, 2.45) is 0 Å². The summed E-state index contributed by atoms with van der Waals surface area (Å²) in [6.07, 6.45) is 5.40. The molecular formula is C25H24N4O2. The van der Waals surface area contributed by atoms with E-state index < -0.39 is 0 Å². The lowest BCUT2D eigenvalue weighted by Gasteiger charge is -2.29. The molecule has 0 aliphatic carbocycles. The molecule has 2 aromatic carbocycles. The predicted molar refractivity (Wildman–Crippen MR) is 122 cm³/mol. The molecule has 0 spiro atoms. The summed E-state index contributed by atoms with van der Waals surface area (Å²) >= 11 is 0. The number of nitrogens with zero attached hydrogens (tertiary/aromatic N) is 4. The lowest BCUT2D eigenvalue weighted by Crippen LogP contribution is -2.38. The van der Waals surface area contributed by atoms with Gasteiger partial charge >= 0.3 is 0 Å². The van der Waals surface area contributed by atoms with Crippen molar-refractivity contribution >= 4 is 22.6 Å². The molecule has 0 N–H and O–H groups in total. The molecule has 2 aromatic heterocycles. The van der Waals surface area contributed by atoms with Crippen molar-refractivity contribution in [2.45, 2.75) is 32.9 Å². The van der Waals surface area contributed by atoms with E-state index in [-0.39, 0.29) is 18.0 Å². The lowest BCUT2D eigenvalue weighted by molar-refractivity contribution is -0.119. The number of hydrogen-bond acceptors (Lipinski definition) is 3. The second-order valence-electron chi connectivity index (χ2n) is 7.85. The molecule has 1 amide bonds. The SMILES string of the molecule is CCn1cnc2c(-c3ccccc3)cn(CC(=O)N3CCCc4ccccc43)c2c1=O. The van der Waals surface area contributed by atoms with E-state index in [4.69, 9.17) is 0 Å². The molecule has 0 bridgehead atoms. The topological polar surface area (TPSA) is 60.1 Å². The van der Waals surface area contributed by atoms with Crippen LogP contribution in [0.4, 0.5) is 5.69 Å². The Balaban J connectivity index is 1.60. The van der Waals surface area contributed by atoms with Gasteiger partial charge in [-0.15, -0.1) is 0 Å². The van der Waals surface area contributed by atoms with E-state index in [1.807, 2.05) is 66.6 Å². The van der Waals surface area contributed by atoms with E-state index in [0.29, 0.717) is 24.1 Å². The largest absolute Gasteiger partial charge is 0.332 e. The Labute approximate surface area is 180 Å². The highest BCUT2D eigenvalue weighted by molar-refractivity contribution is 5.97. The Hall–Kier alpha value is -3.67. The highest BCUT2D eigenvalue weighted by atomic mass is 16.2. The molecule has 0 atom stereocenters. The third-order valence-corrected chi connectivity index (χ3v) is 5.98. The summed E-state index contributed by atoms with van der Waals surface area (Å²) in [5.41, 5.74) is 4.99. The Kier molecular flexibility index (Phi) is 4.90. The highest BCUT2D eigenvalue weighted by Gasteiger charge is 2.24. The summed E-state index contributed by atoms with van der Waals surface area (Å²) in [6.45, 7) is 3.23. The average Bonchev–Trinajstić information content (AvgIpc) is 3.18. The van der Waals surface area contributed by atoms with Crippen LogP contribution >= 0.6 is 0 Å². The zero-order chi connectivity index (χ0) is 21.4. The van der Waals surface area contributed by atoms with Crippen LogP contribution < -0.4 is 10.5 Å². The van der Waals surface area contributed by atoms with Crippen molar-refractivity contribution in [3.05, 3.63) is 83.0 Å². The molecule has 156 valence electrons. The lowest BCUT2D eigenvalue weighted by atomic mass is 10.0. The van der Waals surface area contributed by atoms with Gasteiger partial charge in [0.05, 0.1) is 6.33 Å². The van der Waals surface area contributed by atoms with Crippen molar-refractivity contribution < 1.29 is 4.79 Å². The van der Waals surface area contributed by atoms with Gasteiger partial charge in [-0.2, -0.15) is 0 Å². The van der Waals surface area contributed by atoms with Crippen molar-refractivity contribution in [2.75, 3.05) is 11.4 Å². The van der Waals surface area contributed by atoms with Gasteiger partial charge in [-0.1, -0.05) is 48.5 Å². The third kappa shape index (κ3) is 3.34. The minimum atomic E-state index is -0.124. The van der Waals surface area contributed by atoms with Gasteiger partial charge in [-0.25, -0.2) is 4.98 Å². The summed E-state index contributed by atoms with van der Waals surface area (Å²) in [5.74, 6) is -0.0186. The Bertz CT molecular complexity index is 1320. The summed E-state index contributed by atoms with van der Waals surface area (Å²) in [4.78, 5) is 33.0. The molecule has 5 rings (SSSR count). The summed E-state index contributed by atoms with van der Waals surface area (Å²) in [7, 11) is 0. The quantitative estimate of drug-likeness (QED) is 0.511. The van der Waals surface area contributed by atoms with Crippen LogP contribution in [0.2, 0.25) is 0 Å². The molecule has 3 heterocycles. The number of rotatable bonds is 4. The highest BCUT2D eigenvalue weighted by Crippen LogP contribution is 2.29. The first-order chi connectivity index (χ1) is 15.2. The van der Waals surface area contributed by atoms with Gasteiger partial charge in [0.2, 0.25) is 5.91 Å². The molecule has 6 heteroatoms. The minimum absolute atomic E-state index is 0.0186. The molecule has 31 heavy (non-hydrogen) atoms. The first-order valence-electron chi connectivity index (χ1n) is 10.7. The molecule has 0 saturated heterocycles. The number of carbonyl (C=O) groups is 1.